The van der Waals surface area contributed by atoms with Gasteiger partial charge in [0.25, 0.3) is 0 Å². The van der Waals surface area contributed by atoms with Gasteiger partial charge in [0, 0.05) is 25.7 Å². The molecule has 0 amide bonds. The van der Waals surface area contributed by atoms with Crippen LogP contribution in [0.3, 0.4) is 0 Å². The molecule has 17 nitrogen and oxygen atoms in total. The molecule has 4 unspecified atom stereocenters. The Morgan fingerprint density at radius 3 is 0.697 bits per heavy atom. The van der Waals surface area contributed by atoms with Gasteiger partial charge >= 0.3 is 39.5 Å². The lowest BCUT2D eigenvalue weighted by atomic mass is 9.99. The van der Waals surface area contributed by atoms with E-state index in [2.05, 4.69) is 48.5 Å². The molecule has 0 aromatic carbocycles. The maximum Gasteiger partial charge on any atom is 0.472 e. The SMILES string of the molecule is CCCCCCCCCCCCCCCCCC(=O)O[C@H](COC(=O)CCCCCCCCCC(C)C)COP(=O)(O)OC[C@H](O)COP(=O)(O)OC[C@@H](COC(=O)CCCCCCCCCCCCCCCCCCCCC(C)CC)OC(=O)CCCCCCCCCCCCCCCCCCCCC(C)CC. The van der Waals surface area contributed by atoms with Gasteiger partial charge in [0.1, 0.15) is 19.3 Å². The normalized spacial score (nSPS) is 14.3. The van der Waals surface area contributed by atoms with Gasteiger partial charge < -0.3 is 33.8 Å². The van der Waals surface area contributed by atoms with Crippen LogP contribution in [0.25, 0.3) is 0 Å². The average Bonchev–Trinajstić information content (AvgIpc) is 0.898. The Hall–Kier alpha value is -1.94. The summed E-state index contributed by atoms with van der Waals surface area (Å²) in [5.74, 6) is 0.349. The van der Waals surface area contributed by atoms with Crippen molar-refractivity contribution in [1.29, 1.82) is 0 Å². The minimum Gasteiger partial charge on any atom is -0.462 e. The third kappa shape index (κ3) is 81.0. The number of hydrogen-bond donors (Lipinski definition) is 3. The van der Waals surface area contributed by atoms with Crippen LogP contribution in [0.5, 0.6) is 0 Å². The topological polar surface area (TPSA) is 237 Å². The summed E-state index contributed by atoms with van der Waals surface area (Å²) in [7, 11) is -9.93. The molecule has 0 spiro atoms. The first-order valence-corrected chi connectivity index (χ1v) is 49.4. The van der Waals surface area contributed by atoms with Crippen molar-refractivity contribution < 1.29 is 80.2 Å². The molecule has 0 saturated carbocycles. The predicted molar refractivity (Wildman–Crippen MR) is 451 cm³/mol. The zero-order chi connectivity index (χ0) is 80.0. The van der Waals surface area contributed by atoms with E-state index in [1.807, 2.05) is 0 Å². The highest BCUT2D eigenvalue weighted by Gasteiger charge is 2.31. The Balaban J connectivity index is 5.21. The first-order chi connectivity index (χ1) is 52.8. The molecule has 7 atom stereocenters. The van der Waals surface area contributed by atoms with E-state index in [9.17, 15) is 43.2 Å². The van der Waals surface area contributed by atoms with Crippen molar-refractivity contribution in [3.05, 3.63) is 0 Å². The lowest BCUT2D eigenvalue weighted by molar-refractivity contribution is -0.161. The average molecular weight is 1590 g/mol. The number of aliphatic hydroxyl groups excluding tert-OH is 1. The molecule has 0 saturated heterocycles. The fourth-order valence-electron chi connectivity index (χ4n) is 14.0. The standard InChI is InChI=1S/C90H176O17P2/c1-8-11-12-13-14-15-16-17-26-34-39-44-51-59-66-73-90(95)107-86(78-101-88(93)72-65-58-53-46-47-54-61-68-81(4)5)80-105-109(98,99)103-76-84(91)75-102-108(96,97)104-79-85(106-89(94)74-67-60-52-45-40-35-30-25-21-19-23-28-32-37-42-49-56-63-70-83(7)10-3)77-100-87(92)71-64-57-50-43-38-33-29-24-20-18-22-27-31-36-41-48-55-62-69-82(6)9-2/h81-86,91H,8-80H2,1-7H3,(H,96,97)(H,98,99)/t82?,83?,84-,85-,86-/m1/s1. The van der Waals surface area contributed by atoms with Crippen molar-refractivity contribution in [2.45, 2.75) is 497 Å². The van der Waals surface area contributed by atoms with Crippen LogP contribution in [0.4, 0.5) is 0 Å². The third-order valence-corrected chi connectivity index (χ3v) is 23.8. The molecule has 0 fully saturated rings. The smallest absolute Gasteiger partial charge is 0.462 e. The minimum absolute atomic E-state index is 0.107. The van der Waals surface area contributed by atoms with Crippen LogP contribution in [0, 0.1) is 17.8 Å². The van der Waals surface area contributed by atoms with E-state index in [0.717, 1.165) is 108 Å². The highest BCUT2D eigenvalue weighted by Crippen LogP contribution is 2.45. The molecule has 0 rings (SSSR count). The number of ether oxygens (including phenoxy) is 4. The number of esters is 4. The molecule has 0 heterocycles. The fraction of sp³-hybridized carbons (Fsp3) is 0.956. The van der Waals surface area contributed by atoms with Crippen molar-refractivity contribution >= 4 is 39.5 Å². The number of rotatable bonds is 88. The van der Waals surface area contributed by atoms with Crippen molar-refractivity contribution in [2.24, 2.45) is 17.8 Å². The van der Waals surface area contributed by atoms with E-state index in [4.69, 9.17) is 37.0 Å². The maximum absolute atomic E-state index is 13.2. The summed E-state index contributed by atoms with van der Waals surface area (Å²) in [6.45, 7) is 12.1. The number of phosphoric acid groups is 2. The number of hydrogen-bond acceptors (Lipinski definition) is 15. The lowest BCUT2D eigenvalue weighted by Crippen LogP contribution is -2.30. The van der Waals surface area contributed by atoms with Gasteiger partial charge in [0.05, 0.1) is 26.4 Å². The minimum atomic E-state index is -4.97. The van der Waals surface area contributed by atoms with Crippen LogP contribution in [0.2, 0.25) is 0 Å². The van der Waals surface area contributed by atoms with Crippen LogP contribution < -0.4 is 0 Å². The molecule has 19 heteroatoms. The Kier molecular flexibility index (Phi) is 78.5. The quantitative estimate of drug-likeness (QED) is 0.0222. The van der Waals surface area contributed by atoms with Crippen molar-refractivity contribution in [1.82, 2.24) is 0 Å². The monoisotopic (exact) mass is 1590 g/mol. The Morgan fingerprint density at radius 2 is 0.468 bits per heavy atom. The molecular weight excluding hydrogens is 1410 g/mol. The van der Waals surface area contributed by atoms with Crippen LogP contribution in [-0.2, 0) is 65.4 Å². The van der Waals surface area contributed by atoms with Crippen LogP contribution in [-0.4, -0.2) is 96.7 Å². The molecule has 0 radical (unpaired) electrons. The summed E-state index contributed by atoms with van der Waals surface area (Å²) < 4.78 is 69.0. The highest BCUT2D eigenvalue weighted by molar-refractivity contribution is 7.47. The van der Waals surface area contributed by atoms with Crippen LogP contribution in [0.1, 0.15) is 479 Å². The lowest BCUT2D eigenvalue weighted by Gasteiger charge is -2.21. The van der Waals surface area contributed by atoms with Gasteiger partial charge in [-0.05, 0) is 43.4 Å². The van der Waals surface area contributed by atoms with E-state index < -0.39 is 97.5 Å². The summed E-state index contributed by atoms with van der Waals surface area (Å²) in [6.07, 6.45) is 72.3. The molecule has 0 aliphatic carbocycles. The zero-order valence-corrected chi connectivity index (χ0v) is 73.8. The largest absolute Gasteiger partial charge is 0.472 e. The van der Waals surface area contributed by atoms with Gasteiger partial charge in [-0.3, -0.25) is 37.3 Å². The van der Waals surface area contributed by atoms with Crippen LogP contribution >= 0.6 is 15.6 Å². The van der Waals surface area contributed by atoms with Gasteiger partial charge in [0.15, 0.2) is 12.2 Å². The van der Waals surface area contributed by atoms with E-state index in [1.54, 1.807) is 0 Å². The second-order valence-corrected chi connectivity index (χ2v) is 36.2. The number of carbonyl (C=O) groups excluding carboxylic acids is 4. The summed E-state index contributed by atoms with van der Waals surface area (Å²) >= 11 is 0. The second-order valence-electron chi connectivity index (χ2n) is 33.3. The van der Waals surface area contributed by atoms with E-state index in [-0.39, 0.29) is 25.7 Å². The first kappa shape index (κ1) is 107. The summed E-state index contributed by atoms with van der Waals surface area (Å²) in [5.41, 5.74) is 0. The molecule has 648 valence electrons. The predicted octanol–water partition coefficient (Wildman–Crippen LogP) is 27.6. The molecule has 0 aliphatic rings. The number of aliphatic hydroxyl groups is 1. The second kappa shape index (κ2) is 79.9. The van der Waals surface area contributed by atoms with Crippen molar-refractivity contribution in [3.8, 4) is 0 Å². The molecule has 0 bridgehead atoms. The number of unbranched alkanes of at least 4 members (excludes halogenated alkanes) is 54. The van der Waals surface area contributed by atoms with Crippen molar-refractivity contribution in [2.75, 3.05) is 39.6 Å². The fourth-order valence-corrected chi connectivity index (χ4v) is 15.6. The molecular formula is C90H176O17P2. The third-order valence-electron chi connectivity index (χ3n) is 21.9. The Bertz CT molecular complexity index is 2100. The molecule has 109 heavy (non-hydrogen) atoms. The van der Waals surface area contributed by atoms with Gasteiger partial charge in [-0.25, -0.2) is 9.13 Å². The maximum atomic E-state index is 13.2. The van der Waals surface area contributed by atoms with E-state index in [1.165, 1.54) is 283 Å². The van der Waals surface area contributed by atoms with Gasteiger partial charge in [-0.1, -0.05) is 427 Å². The highest BCUT2D eigenvalue weighted by atomic mass is 31.2. The van der Waals surface area contributed by atoms with Gasteiger partial charge in [0.2, 0.25) is 0 Å². The van der Waals surface area contributed by atoms with E-state index >= 15 is 0 Å². The molecule has 0 aliphatic heterocycles. The summed E-state index contributed by atoms with van der Waals surface area (Å²) in [4.78, 5) is 73.3. The molecule has 0 aromatic rings. The summed E-state index contributed by atoms with van der Waals surface area (Å²) in [5, 5.41) is 10.7. The van der Waals surface area contributed by atoms with Gasteiger partial charge in [-0.2, -0.15) is 0 Å². The first-order valence-electron chi connectivity index (χ1n) is 46.4. The van der Waals surface area contributed by atoms with Crippen LogP contribution in [0.15, 0.2) is 0 Å². The van der Waals surface area contributed by atoms with E-state index in [0.29, 0.717) is 31.6 Å². The van der Waals surface area contributed by atoms with Crippen molar-refractivity contribution in [3.63, 3.8) is 0 Å². The Labute approximate surface area is 670 Å². The number of carbonyl (C=O) groups is 4. The number of phosphoric ester groups is 2. The molecule has 0 aromatic heterocycles. The summed E-state index contributed by atoms with van der Waals surface area (Å²) in [6, 6.07) is 0. The van der Waals surface area contributed by atoms with Gasteiger partial charge in [-0.15, -0.1) is 0 Å². The Morgan fingerprint density at radius 1 is 0.266 bits per heavy atom. The zero-order valence-electron chi connectivity index (χ0n) is 72.0. The molecule has 3 N–H and O–H groups in total.